The van der Waals surface area contributed by atoms with Crippen LogP contribution in [0.4, 0.5) is 10.2 Å². The number of hydrogen-bond donors (Lipinski definition) is 1. The van der Waals surface area contributed by atoms with Gasteiger partial charge in [0.15, 0.2) is 5.82 Å². The van der Waals surface area contributed by atoms with Crippen LogP contribution in [0.1, 0.15) is 24.6 Å². The van der Waals surface area contributed by atoms with Crippen molar-refractivity contribution in [3.05, 3.63) is 28.8 Å². The first-order valence-electron chi connectivity index (χ1n) is 5.07. The standard InChI is InChI=1S/C11H9ClFN3/c12-6-3-7-9(8(13)4-6)15-11(5-1-2-5)16-10(7)14/h3-5H,1-2H2,(H2,14,15,16). The minimum atomic E-state index is -0.446. The fourth-order valence-electron chi connectivity index (χ4n) is 1.72. The fourth-order valence-corrected chi connectivity index (χ4v) is 1.93. The third-order valence-corrected chi connectivity index (χ3v) is 2.93. The molecule has 3 nitrogen and oxygen atoms in total. The van der Waals surface area contributed by atoms with E-state index >= 15 is 0 Å². The van der Waals surface area contributed by atoms with Crippen molar-refractivity contribution < 1.29 is 4.39 Å². The maximum absolute atomic E-state index is 13.7. The Morgan fingerprint density at radius 2 is 2.06 bits per heavy atom. The third kappa shape index (κ3) is 1.50. The van der Waals surface area contributed by atoms with Gasteiger partial charge in [0.05, 0.1) is 0 Å². The van der Waals surface area contributed by atoms with E-state index in [9.17, 15) is 4.39 Å². The molecule has 2 N–H and O–H groups in total. The quantitative estimate of drug-likeness (QED) is 0.830. The van der Waals surface area contributed by atoms with Crippen LogP contribution in [-0.4, -0.2) is 9.97 Å². The van der Waals surface area contributed by atoms with Crippen LogP contribution < -0.4 is 5.73 Å². The second kappa shape index (κ2) is 3.28. The lowest BCUT2D eigenvalue weighted by Crippen LogP contribution is -2.01. The number of rotatable bonds is 1. The topological polar surface area (TPSA) is 51.8 Å². The molecule has 0 radical (unpaired) electrons. The number of nitrogens with zero attached hydrogens (tertiary/aromatic N) is 2. The Morgan fingerprint density at radius 1 is 1.31 bits per heavy atom. The predicted molar refractivity (Wildman–Crippen MR) is 60.9 cm³/mol. The van der Waals surface area contributed by atoms with Crippen molar-refractivity contribution in [3.63, 3.8) is 0 Å². The normalized spacial score (nSPS) is 15.6. The van der Waals surface area contributed by atoms with Crippen LogP contribution in [0.2, 0.25) is 5.02 Å². The first kappa shape index (κ1) is 9.78. The number of halogens is 2. The summed E-state index contributed by atoms with van der Waals surface area (Å²) in [6.45, 7) is 0. The molecule has 3 rings (SSSR count). The summed E-state index contributed by atoms with van der Waals surface area (Å²) in [6, 6.07) is 2.83. The maximum Gasteiger partial charge on any atom is 0.151 e. The van der Waals surface area contributed by atoms with Crippen molar-refractivity contribution >= 4 is 28.3 Å². The van der Waals surface area contributed by atoms with Gasteiger partial charge in [-0.2, -0.15) is 0 Å². The average Bonchev–Trinajstić information content (AvgIpc) is 3.02. The third-order valence-electron chi connectivity index (χ3n) is 2.71. The lowest BCUT2D eigenvalue weighted by molar-refractivity contribution is 0.635. The molecule has 1 aliphatic rings. The van der Waals surface area contributed by atoms with Crippen molar-refractivity contribution in [2.24, 2.45) is 0 Å². The summed E-state index contributed by atoms with van der Waals surface area (Å²) in [6.07, 6.45) is 2.11. The molecule has 5 heteroatoms. The van der Waals surface area contributed by atoms with E-state index < -0.39 is 5.82 Å². The summed E-state index contributed by atoms with van der Waals surface area (Å²) < 4.78 is 13.7. The largest absolute Gasteiger partial charge is 0.383 e. The van der Waals surface area contributed by atoms with Gasteiger partial charge >= 0.3 is 0 Å². The number of benzene rings is 1. The van der Waals surface area contributed by atoms with Crippen LogP contribution in [0.25, 0.3) is 10.9 Å². The molecule has 0 atom stereocenters. The van der Waals surface area contributed by atoms with Crippen LogP contribution in [0.5, 0.6) is 0 Å². The molecule has 0 amide bonds. The molecule has 0 unspecified atom stereocenters. The molecule has 0 bridgehead atoms. The molecule has 0 spiro atoms. The van der Waals surface area contributed by atoms with Gasteiger partial charge in [0.25, 0.3) is 0 Å². The van der Waals surface area contributed by atoms with Crippen molar-refractivity contribution in [2.45, 2.75) is 18.8 Å². The zero-order valence-corrected chi connectivity index (χ0v) is 9.13. The highest BCUT2D eigenvalue weighted by Crippen LogP contribution is 2.39. The van der Waals surface area contributed by atoms with E-state index in [1.165, 1.54) is 6.07 Å². The van der Waals surface area contributed by atoms with Crippen LogP contribution in [-0.2, 0) is 0 Å². The van der Waals surface area contributed by atoms with Crippen molar-refractivity contribution in [1.29, 1.82) is 0 Å². The zero-order chi connectivity index (χ0) is 11.3. The monoisotopic (exact) mass is 237 g/mol. The number of nitrogen functional groups attached to an aromatic ring is 1. The molecule has 1 aliphatic carbocycles. The highest BCUT2D eigenvalue weighted by molar-refractivity contribution is 6.31. The second-order valence-electron chi connectivity index (χ2n) is 4.03. The van der Waals surface area contributed by atoms with E-state index in [4.69, 9.17) is 17.3 Å². The Bertz CT molecular complexity index is 581. The Morgan fingerprint density at radius 3 is 2.75 bits per heavy atom. The van der Waals surface area contributed by atoms with E-state index in [-0.39, 0.29) is 5.52 Å². The molecule has 1 aromatic heterocycles. The van der Waals surface area contributed by atoms with Gasteiger partial charge < -0.3 is 5.73 Å². The van der Waals surface area contributed by atoms with Crippen molar-refractivity contribution in [3.8, 4) is 0 Å². The van der Waals surface area contributed by atoms with Crippen LogP contribution in [0, 0.1) is 5.82 Å². The minimum Gasteiger partial charge on any atom is -0.383 e. The van der Waals surface area contributed by atoms with E-state index in [1.807, 2.05) is 0 Å². The molecule has 1 aromatic carbocycles. The molecule has 0 aliphatic heterocycles. The number of aromatic nitrogens is 2. The number of hydrogen-bond acceptors (Lipinski definition) is 3. The summed E-state index contributed by atoms with van der Waals surface area (Å²) in [4.78, 5) is 8.40. The van der Waals surface area contributed by atoms with E-state index in [0.717, 1.165) is 12.8 Å². The van der Waals surface area contributed by atoms with E-state index in [2.05, 4.69) is 9.97 Å². The van der Waals surface area contributed by atoms with Crippen molar-refractivity contribution in [2.75, 3.05) is 5.73 Å². The Kier molecular flexibility index (Phi) is 2.01. The van der Waals surface area contributed by atoms with Gasteiger partial charge in [-0.25, -0.2) is 14.4 Å². The summed E-state index contributed by atoms with van der Waals surface area (Å²) in [7, 11) is 0. The Balaban J connectivity index is 2.32. The molecular weight excluding hydrogens is 229 g/mol. The molecule has 1 fully saturated rings. The molecule has 2 aromatic rings. The first-order valence-corrected chi connectivity index (χ1v) is 5.45. The number of fused-ring (bicyclic) bond motifs is 1. The SMILES string of the molecule is Nc1nc(C2CC2)nc2c(F)cc(Cl)cc12. The van der Waals surface area contributed by atoms with Gasteiger partial charge in [0, 0.05) is 16.3 Å². The maximum atomic E-state index is 13.7. The molecule has 16 heavy (non-hydrogen) atoms. The van der Waals surface area contributed by atoms with Gasteiger partial charge in [0.1, 0.15) is 17.2 Å². The summed E-state index contributed by atoms with van der Waals surface area (Å²) in [5.74, 6) is 0.847. The number of anilines is 1. The lowest BCUT2D eigenvalue weighted by Gasteiger charge is -2.05. The molecule has 0 saturated heterocycles. The molecule has 1 heterocycles. The average molecular weight is 238 g/mol. The highest BCUT2D eigenvalue weighted by atomic mass is 35.5. The molecular formula is C11H9ClFN3. The fraction of sp³-hybridized carbons (Fsp3) is 0.273. The summed E-state index contributed by atoms with van der Waals surface area (Å²) >= 11 is 5.76. The van der Waals surface area contributed by atoms with Crippen molar-refractivity contribution in [1.82, 2.24) is 9.97 Å². The van der Waals surface area contributed by atoms with E-state index in [1.54, 1.807) is 6.07 Å². The van der Waals surface area contributed by atoms with Gasteiger partial charge in [-0.05, 0) is 25.0 Å². The smallest absolute Gasteiger partial charge is 0.151 e. The van der Waals surface area contributed by atoms with Crippen LogP contribution in [0.3, 0.4) is 0 Å². The second-order valence-corrected chi connectivity index (χ2v) is 4.46. The van der Waals surface area contributed by atoms with Crippen LogP contribution in [0.15, 0.2) is 12.1 Å². The first-order chi connectivity index (χ1) is 7.65. The Hall–Kier alpha value is -1.42. The Labute approximate surface area is 96.5 Å². The lowest BCUT2D eigenvalue weighted by atomic mass is 10.2. The number of nitrogens with two attached hydrogens (primary N) is 1. The zero-order valence-electron chi connectivity index (χ0n) is 8.37. The van der Waals surface area contributed by atoms with Gasteiger partial charge in [-0.1, -0.05) is 11.6 Å². The van der Waals surface area contributed by atoms with Gasteiger partial charge in [-0.15, -0.1) is 0 Å². The van der Waals surface area contributed by atoms with Crippen LogP contribution >= 0.6 is 11.6 Å². The molecule has 82 valence electrons. The summed E-state index contributed by atoms with van der Waals surface area (Å²) in [5, 5.41) is 0.786. The predicted octanol–water partition coefficient (Wildman–Crippen LogP) is 2.88. The highest BCUT2D eigenvalue weighted by Gasteiger charge is 2.27. The summed E-state index contributed by atoms with van der Waals surface area (Å²) in [5.41, 5.74) is 6.05. The van der Waals surface area contributed by atoms with E-state index in [0.29, 0.717) is 28.0 Å². The van der Waals surface area contributed by atoms with Gasteiger partial charge in [-0.3, -0.25) is 0 Å². The molecule has 1 saturated carbocycles. The minimum absolute atomic E-state index is 0.263. The van der Waals surface area contributed by atoms with Gasteiger partial charge in [0.2, 0.25) is 0 Å².